The van der Waals surface area contributed by atoms with Crippen LogP contribution in [0.15, 0.2) is 29.2 Å². The van der Waals surface area contributed by atoms with Crippen molar-refractivity contribution in [3.8, 4) is 0 Å². The van der Waals surface area contributed by atoms with E-state index in [0.29, 0.717) is 0 Å². The number of benzene rings is 1. The summed E-state index contributed by atoms with van der Waals surface area (Å²) in [5, 5.41) is 3.19. The number of hydrogen-bond acceptors (Lipinski definition) is 3. The molecule has 4 heteroatoms. The molecule has 1 aliphatic rings. The molecule has 1 saturated carbocycles. The number of thioether (sulfide) groups is 1. The number of rotatable bonds is 3. The maximum Gasteiger partial charge on any atom is 0.252 e. The molecular weight excluding hydrogens is 268 g/mol. The SMILES string of the molecule is CSc1ccccc1C(=O)NC1C(C)(C)C(N)C1(C)C. The van der Waals surface area contributed by atoms with Crippen LogP contribution in [-0.2, 0) is 0 Å². The molecule has 2 rings (SSSR count). The summed E-state index contributed by atoms with van der Waals surface area (Å²) in [7, 11) is 0. The van der Waals surface area contributed by atoms with Crippen molar-refractivity contribution < 1.29 is 4.79 Å². The van der Waals surface area contributed by atoms with Crippen LogP contribution in [0, 0.1) is 10.8 Å². The molecule has 1 aliphatic carbocycles. The first-order chi connectivity index (χ1) is 9.22. The van der Waals surface area contributed by atoms with Crippen molar-refractivity contribution in [3.63, 3.8) is 0 Å². The van der Waals surface area contributed by atoms with Gasteiger partial charge in [0.05, 0.1) is 5.56 Å². The molecule has 0 atom stereocenters. The first kappa shape index (κ1) is 15.4. The molecule has 1 amide bonds. The van der Waals surface area contributed by atoms with Crippen LogP contribution in [0.4, 0.5) is 0 Å². The van der Waals surface area contributed by atoms with Gasteiger partial charge in [0, 0.05) is 27.8 Å². The fourth-order valence-electron chi connectivity index (χ4n) is 3.59. The Morgan fingerprint density at radius 2 is 1.75 bits per heavy atom. The second-order valence-corrected chi connectivity index (χ2v) is 7.58. The van der Waals surface area contributed by atoms with Gasteiger partial charge in [0.15, 0.2) is 0 Å². The van der Waals surface area contributed by atoms with E-state index >= 15 is 0 Å². The predicted octanol–water partition coefficient (Wildman–Crippen LogP) is 2.90. The van der Waals surface area contributed by atoms with E-state index in [1.807, 2.05) is 30.5 Å². The summed E-state index contributed by atoms with van der Waals surface area (Å²) in [6, 6.07) is 7.89. The van der Waals surface area contributed by atoms with Gasteiger partial charge in [-0.25, -0.2) is 0 Å². The van der Waals surface area contributed by atoms with E-state index in [0.717, 1.165) is 10.5 Å². The lowest BCUT2D eigenvalue weighted by molar-refractivity contribution is -0.0663. The summed E-state index contributed by atoms with van der Waals surface area (Å²) < 4.78 is 0. The summed E-state index contributed by atoms with van der Waals surface area (Å²) in [4.78, 5) is 13.5. The van der Waals surface area contributed by atoms with E-state index in [1.54, 1.807) is 11.8 Å². The molecule has 0 spiro atoms. The van der Waals surface area contributed by atoms with E-state index in [2.05, 4.69) is 33.0 Å². The van der Waals surface area contributed by atoms with Gasteiger partial charge in [0.25, 0.3) is 5.91 Å². The summed E-state index contributed by atoms with van der Waals surface area (Å²) >= 11 is 1.59. The quantitative estimate of drug-likeness (QED) is 0.842. The second-order valence-electron chi connectivity index (χ2n) is 6.73. The third kappa shape index (κ3) is 2.25. The molecule has 0 radical (unpaired) electrons. The van der Waals surface area contributed by atoms with E-state index in [9.17, 15) is 4.79 Å². The Bertz CT molecular complexity index is 509. The molecule has 0 saturated heterocycles. The van der Waals surface area contributed by atoms with Crippen LogP contribution >= 0.6 is 11.8 Å². The van der Waals surface area contributed by atoms with Gasteiger partial charge in [-0.3, -0.25) is 4.79 Å². The molecule has 1 aromatic rings. The van der Waals surface area contributed by atoms with E-state index in [-0.39, 0.29) is 28.8 Å². The summed E-state index contributed by atoms with van der Waals surface area (Å²) in [6.45, 7) is 8.48. The Labute approximate surface area is 125 Å². The zero-order valence-corrected chi connectivity index (χ0v) is 13.7. The molecule has 0 aliphatic heterocycles. The van der Waals surface area contributed by atoms with Crippen LogP contribution in [0.5, 0.6) is 0 Å². The van der Waals surface area contributed by atoms with Crippen molar-refractivity contribution in [2.45, 2.75) is 44.7 Å². The highest BCUT2D eigenvalue weighted by Gasteiger charge is 2.60. The van der Waals surface area contributed by atoms with Crippen LogP contribution < -0.4 is 11.1 Å². The highest BCUT2D eigenvalue weighted by atomic mass is 32.2. The van der Waals surface area contributed by atoms with Crippen LogP contribution in [0.3, 0.4) is 0 Å². The minimum absolute atomic E-state index is 0.00648. The minimum Gasteiger partial charge on any atom is -0.348 e. The van der Waals surface area contributed by atoms with Crippen LogP contribution in [0.2, 0.25) is 0 Å². The largest absolute Gasteiger partial charge is 0.348 e. The zero-order chi connectivity index (χ0) is 15.1. The normalized spacial score (nSPS) is 26.7. The average Bonchev–Trinajstić information content (AvgIpc) is 2.43. The van der Waals surface area contributed by atoms with Crippen molar-refractivity contribution >= 4 is 17.7 Å². The Morgan fingerprint density at radius 1 is 1.20 bits per heavy atom. The first-order valence-corrected chi connectivity index (χ1v) is 8.15. The van der Waals surface area contributed by atoms with E-state index in [4.69, 9.17) is 5.73 Å². The first-order valence-electron chi connectivity index (χ1n) is 6.92. The Hall–Kier alpha value is -1.00. The monoisotopic (exact) mass is 292 g/mol. The Morgan fingerprint density at radius 3 is 2.30 bits per heavy atom. The molecule has 0 aromatic heterocycles. The molecule has 1 fully saturated rings. The van der Waals surface area contributed by atoms with Crippen molar-refractivity contribution in [3.05, 3.63) is 29.8 Å². The third-order valence-electron chi connectivity index (χ3n) is 4.72. The lowest BCUT2D eigenvalue weighted by Crippen LogP contribution is -2.76. The smallest absolute Gasteiger partial charge is 0.252 e. The average molecular weight is 292 g/mol. The zero-order valence-electron chi connectivity index (χ0n) is 12.9. The molecule has 0 unspecified atom stereocenters. The maximum absolute atomic E-state index is 12.5. The van der Waals surface area contributed by atoms with Crippen molar-refractivity contribution in [2.24, 2.45) is 16.6 Å². The topological polar surface area (TPSA) is 55.1 Å². The molecule has 0 heterocycles. The van der Waals surface area contributed by atoms with Crippen LogP contribution in [0.25, 0.3) is 0 Å². The molecule has 0 bridgehead atoms. The minimum atomic E-state index is -0.0759. The van der Waals surface area contributed by atoms with Gasteiger partial charge < -0.3 is 11.1 Å². The molecular formula is C16H24N2OS. The third-order valence-corrected chi connectivity index (χ3v) is 5.51. The molecule has 110 valence electrons. The highest BCUT2D eigenvalue weighted by molar-refractivity contribution is 7.98. The van der Waals surface area contributed by atoms with Crippen molar-refractivity contribution in [1.29, 1.82) is 0 Å². The summed E-state index contributed by atoms with van der Waals surface area (Å²) in [5.41, 5.74) is 6.83. The second kappa shape index (κ2) is 5.08. The predicted molar refractivity (Wildman–Crippen MR) is 85.0 cm³/mol. The fraction of sp³-hybridized carbons (Fsp3) is 0.562. The van der Waals surface area contributed by atoms with Gasteiger partial charge in [0.1, 0.15) is 0 Å². The van der Waals surface area contributed by atoms with Crippen molar-refractivity contribution in [1.82, 2.24) is 5.32 Å². The molecule has 3 nitrogen and oxygen atoms in total. The van der Waals surface area contributed by atoms with Gasteiger partial charge in [-0.1, -0.05) is 39.8 Å². The van der Waals surface area contributed by atoms with Crippen LogP contribution in [0.1, 0.15) is 38.1 Å². The van der Waals surface area contributed by atoms with E-state index in [1.165, 1.54) is 0 Å². The highest BCUT2D eigenvalue weighted by Crippen LogP contribution is 2.52. The lowest BCUT2D eigenvalue weighted by atomic mass is 9.48. The number of hydrogen-bond donors (Lipinski definition) is 2. The maximum atomic E-state index is 12.5. The van der Waals surface area contributed by atoms with Gasteiger partial charge in [-0.05, 0) is 18.4 Å². The van der Waals surface area contributed by atoms with Crippen molar-refractivity contribution in [2.75, 3.05) is 6.26 Å². The van der Waals surface area contributed by atoms with Gasteiger partial charge in [-0.2, -0.15) is 0 Å². The standard InChI is InChI=1S/C16H24N2OS/c1-15(2)13(17)16(3,4)14(15)18-12(19)10-8-6-7-9-11(10)20-5/h6-9,13-14H,17H2,1-5H3,(H,18,19). The number of carbonyl (C=O) groups is 1. The number of amides is 1. The Balaban J connectivity index is 2.20. The number of nitrogens with one attached hydrogen (secondary N) is 1. The van der Waals surface area contributed by atoms with Crippen LogP contribution in [-0.4, -0.2) is 24.2 Å². The molecule has 1 aromatic carbocycles. The van der Waals surface area contributed by atoms with Gasteiger partial charge in [-0.15, -0.1) is 11.8 Å². The number of carbonyl (C=O) groups excluding carboxylic acids is 1. The molecule has 3 N–H and O–H groups in total. The number of nitrogens with two attached hydrogens (primary N) is 1. The summed E-state index contributed by atoms with van der Waals surface area (Å²) in [5.74, 6) is -0.00648. The van der Waals surface area contributed by atoms with E-state index < -0.39 is 0 Å². The summed E-state index contributed by atoms with van der Waals surface area (Å²) in [6.07, 6.45) is 1.99. The van der Waals surface area contributed by atoms with Gasteiger partial charge in [0.2, 0.25) is 0 Å². The van der Waals surface area contributed by atoms with Gasteiger partial charge >= 0.3 is 0 Å². The fourth-order valence-corrected chi connectivity index (χ4v) is 4.19. The Kier molecular flexibility index (Phi) is 3.91. The molecule has 20 heavy (non-hydrogen) atoms. The lowest BCUT2D eigenvalue weighted by Gasteiger charge is -2.62.